The normalized spacial score (nSPS) is 11.6. The van der Waals surface area contributed by atoms with Gasteiger partial charge < -0.3 is 10.6 Å². The predicted molar refractivity (Wildman–Crippen MR) is 96.7 cm³/mol. The Morgan fingerprint density at radius 2 is 1.70 bits per heavy atom. The first kappa shape index (κ1) is 16.9. The van der Waals surface area contributed by atoms with Crippen LogP contribution in [0.3, 0.4) is 0 Å². The standard InChI is InChI=1S/C20H24N2O/c1-13-5-7-17(11-14(13)2)19-9-8-18(12-15(19)3)20(22-21)10-6-16(4)23/h5,7-9,11-12H,6,10,21H2,1-4H3/b22-20+. The highest BCUT2D eigenvalue weighted by Gasteiger charge is 2.09. The zero-order valence-electron chi connectivity index (χ0n) is 14.3. The average Bonchev–Trinajstić information content (AvgIpc) is 2.51. The van der Waals surface area contributed by atoms with Gasteiger partial charge in [0.25, 0.3) is 0 Å². The molecule has 0 atom stereocenters. The minimum atomic E-state index is 0.148. The van der Waals surface area contributed by atoms with Crippen molar-refractivity contribution in [2.75, 3.05) is 0 Å². The lowest BCUT2D eigenvalue weighted by Gasteiger charge is -2.11. The van der Waals surface area contributed by atoms with Crippen LogP contribution in [0.15, 0.2) is 41.5 Å². The summed E-state index contributed by atoms with van der Waals surface area (Å²) in [6.07, 6.45) is 1.04. The second kappa shape index (κ2) is 7.23. The lowest BCUT2D eigenvalue weighted by atomic mass is 9.94. The van der Waals surface area contributed by atoms with Gasteiger partial charge in [-0.05, 0) is 73.6 Å². The molecule has 0 aliphatic heterocycles. The highest BCUT2D eigenvalue weighted by molar-refractivity contribution is 6.02. The topological polar surface area (TPSA) is 55.5 Å². The SMILES string of the molecule is CC(=O)CC/C(=N\N)c1ccc(-c2ccc(C)c(C)c2)c(C)c1. The maximum atomic E-state index is 11.2. The Kier molecular flexibility index (Phi) is 5.32. The van der Waals surface area contributed by atoms with Crippen LogP contribution in [0, 0.1) is 20.8 Å². The predicted octanol–water partition coefficient (Wildman–Crippen LogP) is 4.31. The van der Waals surface area contributed by atoms with E-state index in [-0.39, 0.29) is 5.78 Å². The molecule has 2 rings (SSSR count). The summed E-state index contributed by atoms with van der Waals surface area (Å²) in [7, 11) is 0. The number of Topliss-reactive ketones (excluding diaryl/α,β-unsaturated/α-hetero) is 1. The fraction of sp³-hybridized carbons (Fsp3) is 0.300. The number of hydrogen-bond acceptors (Lipinski definition) is 3. The number of rotatable bonds is 5. The molecule has 3 heteroatoms. The van der Waals surface area contributed by atoms with Crippen LogP contribution in [0.4, 0.5) is 0 Å². The first-order valence-electron chi connectivity index (χ1n) is 7.87. The van der Waals surface area contributed by atoms with E-state index in [9.17, 15) is 4.79 Å². The van der Waals surface area contributed by atoms with Crippen molar-refractivity contribution >= 4 is 11.5 Å². The number of nitrogens with zero attached hydrogens (tertiary/aromatic N) is 1. The molecule has 0 amide bonds. The first-order valence-corrected chi connectivity index (χ1v) is 7.87. The van der Waals surface area contributed by atoms with Crippen LogP contribution in [-0.4, -0.2) is 11.5 Å². The maximum Gasteiger partial charge on any atom is 0.130 e. The third-order valence-electron chi connectivity index (χ3n) is 4.25. The van der Waals surface area contributed by atoms with Gasteiger partial charge in [0.05, 0.1) is 5.71 Å². The second-order valence-electron chi connectivity index (χ2n) is 6.11. The quantitative estimate of drug-likeness (QED) is 0.508. The summed E-state index contributed by atoms with van der Waals surface area (Å²) in [6, 6.07) is 12.7. The Hall–Kier alpha value is -2.42. The largest absolute Gasteiger partial charge is 0.323 e. The molecule has 0 aliphatic carbocycles. The van der Waals surface area contributed by atoms with Gasteiger partial charge >= 0.3 is 0 Å². The van der Waals surface area contributed by atoms with Crippen molar-refractivity contribution < 1.29 is 4.79 Å². The molecule has 0 radical (unpaired) electrons. The van der Waals surface area contributed by atoms with Crippen molar-refractivity contribution in [3.63, 3.8) is 0 Å². The van der Waals surface area contributed by atoms with Crippen molar-refractivity contribution in [1.29, 1.82) is 0 Å². The number of carbonyl (C=O) groups excluding carboxylic acids is 1. The molecule has 2 N–H and O–H groups in total. The molecule has 0 bridgehead atoms. The molecule has 0 fully saturated rings. The van der Waals surface area contributed by atoms with Crippen molar-refractivity contribution in [3.05, 3.63) is 58.7 Å². The maximum absolute atomic E-state index is 11.2. The van der Waals surface area contributed by atoms with Crippen molar-refractivity contribution in [3.8, 4) is 11.1 Å². The Labute approximate surface area is 138 Å². The minimum absolute atomic E-state index is 0.148. The van der Waals surface area contributed by atoms with Crippen LogP contribution in [0.1, 0.15) is 42.0 Å². The van der Waals surface area contributed by atoms with Crippen LogP contribution < -0.4 is 5.84 Å². The molecule has 120 valence electrons. The number of nitrogens with two attached hydrogens (primary N) is 1. The second-order valence-corrected chi connectivity index (χ2v) is 6.11. The molecule has 2 aromatic carbocycles. The summed E-state index contributed by atoms with van der Waals surface area (Å²) in [6.45, 7) is 7.92. The molecule has 0 heterocycles. The number of hydrogen-bond donors (Lipinski definition) is 1. The van der Waals surface area contributed by atoms with E-state index in [0.29, 0.717) is 12.8 Å². The van der Waals surface area contributed by atoms with Crippen molar-refractivity contribution in [2.45, 2.75) is 40.5 Å². The van der Waals surface area contributed by atoms with Gasteiger partial charge in [-0.2, -0.15) is 5.10 Å². The smallest absolute Gasteiger partial charge is 0.130 e. The van der Waals surface area contributed by atoms with Crippen LogP contribution >= 0.6 is 0 Å². The van der Waals surface area contributed by atoms with E-state index in [0.717, 1.165) is 11.3 Å². The monoisotopic (exact) mass is 308 g/mol. The van der Waals surface area contributed by atoms with E-state index < -0.39 is 0 Å². The van der Waals surface area contributed by atoms with Gasteiger partial charge in [-0.15, -0.1) is 0 Å². The third kappa shape index (κ3) is 4.07. The van der Waals surface area contributed by atoms with Crippen molar-refractivity contribution in [2.24, 2.45) is 10.9 Å². The van der Waals surface area contributed by atoms with Crippen LogP contribution in [0.25, 0.3) is 11.1 Å². The van der Waals surface area contributed by atoms with Gasteiger partial charge in [0.2, 0.25) is 0 Å². The summed E-state index contributed by atoms with van der Waals surface area (Å²) >= 11 is 0. The number of ketones is 1. The highest BCUT2D eigenvalue weighted by atomic mass is 16.1. The average molecular weight is 308 g/mol. The van der Waals surface area contributed by atoms with Gasteiger partial charge in [0, 0.05) is 6.42 Å². The van der Waals surface area contributed by atoms with E-state index in [1.807, 2.05) is 6.07 Å². The van der Waals surface area contributed by atoms with E-state index >= 15 is 0 Å². The van der Waals surface area contributed by atoms with Gasteiger partial charge in [-0.3, -0.25) is 0 Å². The Balaban J connectivity index is 2.33. The van der Waals surface area contributed by atoms with Gasteiger partial charge in [0.1, 0.15) is 5.78 Å². The minimum Gasteiger partial charge on any atom is -0.323 e. The summed E-state index contributed by atoms with van der Waals surface area (Å²) in [5.74, 6) is 5.65. The molecule has 0 saturated carbocycles. The Morgan fingerprint density at radius 1 is 0.957 bits per heavy atom. The van der Waals surface area contributed by atoms with Gasteiger partial charge in [0.15, 0.2) is 0 Å². The third-order valence-corrected chi connectivity index (χ3v) is 4.25. The van der Waals surface area contributed by atoms with Crippen LogP contribution in [0.5, 0.6) is 0 Å². The summed E-state index contributed by atoms with van der Waals surface area (Å²) in [5.41, 5.74) is 7.94. The fourth-order valence-corrected chi connectivity index (χ4v) is 2.65. The zero-order valence-corrected chi connectivity index (χ0v) is 14.3. The van der Waals surface area contributed by atoms with E-state index in [4.69, 9.17) is 5.84 Å². The highest BCUT2D eigenvalue weighted by Crippen LogP contribution is 2.26. The summed E-state index contributed by atoms with van der Waals surface area (Å²) in [5, 5.41) is 3.86. The zero-order chi connectivity index (χ0) is 17.0. The van der Waals surface area contributed by atoms with Gasteiger partial charge in [-0.25, -0.2) is 0 Å². The lowest BCUT2D eigenvalue weighted by molar-refractivity contribution is -0.116. The number of carbonyl (C=O) groups is 1. The van der Waals surface area contributed by atoms with E-state index in [1.54, 1.807) is 6.92 Å². The molecule has 0 aromatic heterocycles. The number of aryl methyl sites for hydroxylation is 3. The molecule has 3 nitrogen and oxygen atoms in total. The van der Waals surface area contributed by atoms with Crippen LogP contribution in [-0.2, 0) is 4.79 Å². The molecular formula is C20H24N2O. The Morgan fingerprint density at radius 3 is 2.26 bits per heavy atom. The molecule has 0 spiro atoms. The lowest BCUT2D eigenvalue weighted by Crippen LogP contribution is -2.07. The van der Waals surface area contributed by atoms with Gasteiger partial charge in [-0.1, -0.05) is 30.3 Å². The van der Waals surface area contributed by atoms with E-state index in [2.05, 4.69) is 56.2 Å². The molecule has 23 heavy (non-hydrogen) atoms. The number of hydrazone groups is 1. The molecular weight excluding hydrogens is 284 g/mol. The first-order chi connectivity index (χ1) is 10.9. The van der Waals surface area contributed by atoms with E-state index in [1.165, 1.54) is 27.8 Å². The Bertz CT molecular complexity index is 760. The molecule has 0 aliphatic rings. The summed E-state index contributed by atoms with van der Waals surface area (Å²) < 4.78 is 0. The summed E-state index contributed by atoms with van der Waals surface area (Å²) in [4.78, 5) is 11.2. The molecule has 0 unspecified atom stereocenters. The van der Waals surface area contributed by atoms with Crippen LogP contribution in [0.2, 0.25) is 0 Å². The van der Waals surface area contributed by atoms with Crippen molar-refractivity contribution in [1.82, 2.24) is 0 Å². The molecule has 0 saturated heterocycles. The number of benzene rings is 2. The molecule has 2 aromatic rings. The fourth-order valence-electron chi connectivity index (χ4n) is 2.65.